The molecule has 0 unspecified atom stereocenters. The van der Waals surface area contributed by atoms with E-state index in [0.29, 0.717) is 11.4 Å². The predicted octanol–water partition coefficient (Wildman–Crippen LogP) is 4.84. The Labute approximate surface area is 197 Å². The number of carbonyl (C=O) groups excluding carboxylic acids is 3. The molecule has 0 aromatic heterocycles. The quantitative estimate of drug-likeness (QED) is 0.430. The summed E-state index contributed by atoms with van der Waals surface area (Å²) < 4.78 is 4.67. The summed E-state index contributed by atoms with van der Waals surface area (Å²) in [5, 5.41) is 7.95. The van der Waals surface area contributed by atoms with Gasteiger partial charge in [-0.05, 0) is 43.2 Å². The normalized spacial score (nSPS) is 14.3. The Balaban J connectivity index is 1.88. The number of hydrogen-bond acceptors (Lipinski definition) is 6. The molecule has 1 fully saturated rings. The van der Waals surface area contributed by atoms with E-state index in [1.807, 2.05) is 36.4 Å². The molecule has 0 spiro atoms. The van der Waals surface area contributed by atoms with Crippen molar-refractivity contribution in [1.82, 2.24) is 10.6 Å². The van der Waals surface area contributed by atoms with Crippen LogP contribution in [0.3, 0.4) is 0 Å². The smallest absolute Gasteiger partial charge is 0.413 e. The third kappa shape index (κ3) is 7.64. The van der Waals surface area contributed by atoms with Crippen molar-refractivity contribution < 1.29 is 19.1 Å². The molecule has 3 rings (SSSR count). The average molecular weight is 469 g/mol. The van der Waals surface area contributed by atoms with Crippen LogP contribution in [0.4, 0.5) is 16.2 Å². The summed E-state index contributed by atoms with van der Waals surface area (Å²) >= 11 is 1.54. The molecule has 0 aliphatic heterocycles. The van der Waals surface area contributed by atoms with E-state index in [0.717, 1.165) is 41.9 Å². The van der Waals surface area contributed by atoms with E-state index in [1.54, 1.807) is 23.9 Å². The Hall–Kier alpha value is -3.33. The maximum atomic E-state index is 12.7. The van der Waals surface area contributed by atoms with Crippen LogP contribution in [-0.2, 0) is 14.3 Å². The second-order valence-electron chi connectivity index (χ2n) is 7.68. The van der Waals surface area contributed by atoms with Gasteiger partial charge in [-0.1, -0.05) is 49.2 Å². The maximum Gasteiger partial charge on any atom is 0.413 e. The van der Waals surface area contributed by atoms with Gasteiger partial charge in [-0.25, -0.2) is 9.79 Å². The molecule has 33 heavy (non-hydrogen) atoms. The highest BCUT2D eigenvalue weighted by molar-refractivity contribution is 7.99. The summed E-state index contributed by atoms with van der Waals surface area (Å²) in [6, 6.07) is 15.2. The van der Waals surface area contributed by atoms with Crippen LogP contribution >= 0.6 is 11.8 Å². The number of nitrogens with one attached hydrogen (secondary N) is 3. The summed E-state index contributed by atoms with van der Waals surface area (Å²) in [6.45, 7) is 1.41. The van der Waals surface area contributed by atoms with Crippen molar-refractivity contribution in [3.63, 3.8) is 0 Å². The highest BCUT2D eigenvalue weighted by Crippen LogP contribution is 2.34. The second kappa shape index (κ2) is 12.1. The Morgan fingerprint density at radius 3 is 2.36 bits per heavy atom. The lowest BCUT2D eigenvalue weighted by molar-refractivity contribution is -0.124. The molecular formula is C24H28N4O4S. The van der Waals surface area contributed by atoms with E-state index in [2.05, 4.69) is 25.7 Å². The van der Waals surface area contributed by atoms with Crippen LogP contribution in [0, 0.1) is 5.92 Å². The summed E-state index contributed by atoms with van der Waals surface area (Å²) in [4.78, 5) is 42.8. The molecule has 174 valence electrons. The molecule has 0 bridgehead atoms. The fourth-order valence-electron chi connectivity index (χ4n) is 3.53. The number of nitrogens with zero attached hydrogens (tertiary/aromatic N) is 1. The molecule has 3 N–H and O–H groups in total. The number of amides is 3. The summed E-state index contributed by atoms with van der Waals surface area (Å²) in [6.07, 6.45) is 3.98. The Morgan fingerprint density at radius 2 is 1.70 bits per heavy atom. The van der Waals surface area contributed by atoms with E-state index in [1.165, 1.54) is 14.0 Å². The monoisotopic (exact) mass is 468 g/mol. The summed E-state index contributed by atoms with van der Waals surface area (Å²) in [5.74, 6) is -0.625. The van der Waals surface area contributed by atoms with E-state index < -0.39 is 6.09 Å². The van der Waals surface area contributed by atoms with E-state index in [-0.39, 0.29) is 23.7 Å². The second-order valence-corrected chi connectivity index (χ2v) is 8.82. The van der Waals surface area contributed by atoms with Crippen LogP contribution in [-0.4, -0.2) is 31.0 Å². The molecule has 9 heteroatoms. The number of rotatable bonds is 5. The number of methoxy groups -OCH3 is 1. The molecule has 8 nitrogen and oxygen atoms in total. The van der Waals surface area contributed by atoms with Gasteiger partial charge < -0.3 is 10.1 Å². The van der Waals surface area contributed by atoms with Crippen molar-refractivity contribution in [2.24, 2.45) is 10.9 Å². The lowest BCUT2D eigenvalue weighted by atomic mass is 9.89. The highest BCUT2D eigenvalue weighted by Gasteiger charge is 2.23. The lowest BCUT2D eigenvalue weighted by Crippen LogP contribution is -2.46. The molecule has 3 amide bonds. The Bertz CT molecular complexity index is 1020. The number of carbonyl (C=O) groups is 3. The van der Waals surface area contributed by atoms with Crippen LogP contribution in [0.5, 0.6) is 0 Å². The van der Waals surface area contributed by atoms with Gasteiger partial charge in [0, 0.05) is 22.6 Å². The zero-order chi connectivity index (χ0) is 23.6. The predicted molar refractivity (Wildman–Crippen MR) is 129 cm³/mol. The largest absolute Gasteiger partial charge is 0.453 e. The number of ether oxygens (including phenoxy) is 1. The topological polar surface area (TPSA) is 109 Å². The number of alkyl carbamates (subject to hydrolysis) is 1. The third-order valence-electron chi connectivity index (χ3n) is 5.11. The van der Waals surface area contributed by atoms with E-state index in [9.17, 15) is 14.4 Å². The SMILES string of the molecule is COC(=O)NC(=Nc1ccc(Sc2ccccc2)cc1NC(C)=O)NC(=O)C1CCCCC1. The first-order chi connectivity index (χ1) is 15.9. The van der Waals surface area contributed by atoms with Crippen LogP contribution in [0.25, 0.3) is 0 Å². The summed E-state index contributed by atoms with van der Waals surface area (Å²) in [5.41, 5.74) is 0.845. The zero-order valence-electron chi connectivity index (χ0n) is 18.7. The first-order valence-corrected chi connectivity index (χ1v) is 11.7. The van der Waals surface area contributed by atoms with Gasteiger partial charge in [-0.2, -0.15) is 0 Å². The van der Waals surface area contributed by atoms with Gasteiger partial charge in [-0.15, -0.1) is 0 Å². The van der Waals surface area contributed by atoms with Gasteiger partial charge in [0.15, 0.2) is 0 Å². The first-order valence-electron chi connectivity index (χ1n) is 10.8. The van der Waals surface area contributed by atoms with Crippen molar-refractivity contribution in [3.8, 4) is 0 Å². The van der Waals surface area contributed by atoms with Crippen molar-refractivity contribution in [2.45, 2.75) is 48.8 Å². The zero-order valence-corrected chi connectivity index (χ0v) is 19.5. The molecule has 0 atom stereocenters. The van der Waals surface area contributed by atoms with Crippen molar-refractivity contribution in [2.75, 3.05) is 12.4 Å². The minimum Gasteiger partial charge on any atom is -0.453 e. The molecule has 1 aliphatic rings. The van der Waals surface area contributed by atoms with E-state index in [4.69, 9.17) is 0 Å². The molecule has 2 aromatic carbocycles. The molecular weight excluding hydrogens is 440 g/mol. The number of anilines is 1. The average Bonchev–Trinajstić information content (AvgIpc) is 2.81. The molecule has 2 aromatic rings. The highest BCUT2D eigenvalue weighted by atomic mass is 32.2. The van der Waals surface area contributed by atoms with Gasteiger partial charge in [0.1, 0.15) is 0 Å². The third-order valence-corrected chi connectivity index (χ3v) is 6.11. The van der Waals surface area contributed by atoms with Crippen molar-refractivity contribution >= 4 is 47.0 Å². The summed E-state index contributed by atoms with van der Waals surface area (Å²) in [7, 11) is 1.23. The van der Waals surface area contributed by atoms with Crippen molar-refractivity contribution in [3.05, 3.63) is 48.5 Å². The Morgan fingerprint density at radius 1 is 0.970 bits per heavy atom. The minimum absolute atomic E-state index is 0.0486. The molecule has 0 radical (unpaired) electrons. The fourth-order valence-corrected chi connectivity index (χ4v) is 4.41. The molecule has 0 saturated heterocycles. The van der Waals surface area contributed by atoms with Crippen LogP contribution in [0.15, 0.2) is 63.3 Å². The van der Waals surface area contributed by atoms with E-state index >= 15 is 0 Å². The Kier molecular flexibility index (Phi) is 8.88. The van der Waals surface area contributed by atoms with Crippen LogP contribution < -0.4 is 16.0 Å². The minimum atomic E-state index is -0.755. The number of hydrogen-bond donors (Lipinski definition) is 3. The lowest BCUT2D eigenvalue weighted by Gasteiger charge is -2.21. The number of guanidine groups is 1. The molecule has 1 aliphatic carbocycles. The number of aliphatic imine (C=N–C) groups is 1. The number of benzene rings is 2. The van der Waals surface area contributed by atoms with Gasteiger partial charge in [0.05, 0.1) is 18.5 Å². The molecule has 1 saturated carbocycles. The maximum absolute atomic E-state index is 12.7. The van der Waals surface area contributed by atoms with Gasteiger partial charge in [0.2, 0.25) is 17.8 Å². The van der Waals surface area contributed by atoms with Gasteiger partial charge in [-0.3, -0.25) is 20.2 Å². The van der Waals surface area contributed by atoms with Crippen LogP contribution in [0.1, 0.15) is 39.0 Å². The molecule has 0 heterocycles. The van der Waals surface area contributed by atoms with Crippen molar-refractivity contribution in [1.29, 1.82) is 0 Å². The van der Waals surface area contributed by atoms with Gasteiger partial charge >= 0.3 is 6.09 Å². The first kappa shape index (κ1) is 24.3. The van der Waals surface area contributed by atoms with Gasteiger partial charge in [0.25, 0.3) is 0 Å². The van der Waals surface area contributed by atoms with Crippen LogP contribution in [0.2, 0.25) is 0 Å². The fraction of sp³-hybridized carbons (Fsp3) is 0.333. The standard InChI is InChI=1S/C24H28N4O4S/c1-16(29)25-21-15-19(33-18-11-7-4-8-12-18)13-14-20(21)26-23(28-24(31)32-2)27-22(30)17-9-5-3-6-10-17/h4,7-8,11-15,17H,3,5-6,9-10H2,1-2H3,(H,25,29)(H2,26,27,28,30,31).